The quantitative estimate of drug-likeness (QED) is 0.345. The van der Waals surface area contributed by atoms with Gasteiger partial charge >= 0.3 is 5.97 Å². The highest BCUT2D eigenvalue weighted by Crippen LogP contribution is 2.13. The first-order chi connectivity index (χ1) is 6.26. The van der Waals surface area contributed by atoms with Gasteiger partial charge in [-0.3, -0.25) is 4.79 Å². The van der Waals surface area contributed by atoms with Gasteiger partial charge in [-0.25, -0.2) is 0 Å². The van der Waals surface area contributed by atoms with Gasteiger partial charge < -0.3 is 4.74 Å². The Bertz CT molecular complexity index is 152. The number of hydrogen-bond donors (Lipinski definition) is 0. The second-order valence-electron chi connectivity index (χ2n) is 3.21. The topological polar surface area (TPSA) is 26.3 Å². The van der Waals surface area contributed by atoms with Crippen LogP contribution in [0.15, 0.2) is 12.7 Å². The van der Waals surface area contributed by atoms with Crippen molar-refractivity contribution in [3.05, 3.63) is 12.7 Å². The fourth-order valence-corrected chi connectivity index (χ4v) is 1.27. The molecule has 0 N–H and O–H groups in total. The lowest BCUT2D eigenvalue weighted by atomic mass is 10.0. The van der Waals surface area contributed by atoms with Crippen LogP contribution < -0.4 is 0 Å². The minimum absolute atomic E-state index is 0.109. The van der Waals surface area contributed by atoms with Crippen molar-refractivity contribution in [3.8, 4) is 0 Å². The fraction of sp³-hybridized carbons (Fsp3) is 0.727. The van der Waals surface area contributed by atoms with Gasteiger partial charge in [0.15, 0.2) is 0 Å². The van der Waals surface area contributed by atoms with Crippen molar-refractivity contribution < 1.29 is 9.53 Å². The molecule has 1 atom stereocenters. The second-order valence-corrected chi connectivity index (χ2v) is 3.21. The van der Waals surface area contributed by atoms with Gasteiger partial charge in [0.2, 0.25) is 0 Å². The average molecular weight is 184 g/mol. The Labute approximate surface area is 81.0 Å². The molecule has 13 heavy (non-hydrogen) atoms. The number of hydrogen-bond acceptors (Lipinski definition) is 2. The summed E-state index contributed by atoms with van der Waals surface area (Å²) in [5.74, 6) is -0.270. The minimum atomic E-state index is -0.161. The highest BCUT2D eigenvalue weighted by molar-refractivity contribution is 5.74. The van der Waals surface area contributed by atoms with Crippen LogP contribution in [0.5, 0.6) is 0 Å². The molecular weight excluding hydrogens is 164 g/mol. The van der Waals surface area contributed by atoms with E-state index in [0.29, 0.717) is 0 Å². The van der Waals surface area contributed by atoms with Crippen LogP contribution in [0.1, 0.15) is 39.0 Å². The molecular formula is C11H20O2. The predicted molar refractivity (Wildman–Crippen MR) is 54.5 cm³/mol. The molecule has 0 aliphatic rings. The van der Waals surface area contributed by atoms with Crippen LogP contribution in [-0.4, -0.2) is 13.1 Å². The lowest BCUT2D eigenvalue weighted by Gasteiger charge is -2.08. The summed E-state index contributed by atoms with van der Waals surface area (Å²) >= 11 is 0. The largest absolute Gasteiger partial charge is 0.469 e. The maximum absolute atomic E-state index is 11.1. The molecule has 0 spiro atoms. The predicted octanol–water partition coefficient (Wildman–Crippen LogP) is 2.93. The highest BCUT2D eigenvalue weighted by atomic mass is 16.5. The van der Waals surface area contributed by atoms with Gasteiger partial charge in [-0.05, 0) is 6.42 Å². The monoisotopic (exact) mass is 184 g/mol. The van der Waals surface area contributed by atoms with Crippen molar-refractivity contribution in [2.75, 3.05) is 7.11 Å². The van der Waals surface area contributed by atoms with Gasteiger partial charge in [0, 0.05) is 0 Å². The van der Waals surface area contributed by atoms with E-state index in [2.05, 4.69) is 18.2 Å². The van der Waals surface area contributed by atoms with E-state index in [-0.39, 0.29) is 11.9 Å². The molecule has 0 aromatic heterocycles. The molecule has 0 aromatic carbocycles. The van der Waals surface area contributed by atoms with E-state index in [0.717, 1.165) is 12.8 Å². The Balaban J connectivity index is 3.60. The van der Waals surface area contributed by atoms with Gasteiger partial charge in [0.1, 0.15) is 0 Å². The average Bonchev–Trinajstić information content (AvgIpc) is 2.17. The summed E-state index contributed by atoms with van der Waals surface area (Å²) in [4.78, 5) is 11.1. The van der Waals surface area contributed by atoms with Crippen LogP contribution in [0.4, 0.5) is 0 Å². The molecule has 0 aliphatic carbocycles. The third-order valence-corrected chi connectivity index (χ3v) is 2.16. The van der Waals surface area contributed by atoms with Crippen molar-refractivity contribution in [2.45, 2.75) is 39.0 Å². The number of methoxy groups -OCH3 is 1. The zero-order valence-corrected chi connectivity index (χ0v) is 8.71. The Kier molecular flexibility index (Phi) is 7.36. The van der Waals surface area contributed by atoms with E-state index in [1.165, 1.54) is 26.4 Å². The molecule has 0 saturated heterocycles. The van der Waals surface area contributed by atoms with Crippen LogP contribution >= 0.6 is 0 Å². The lowest BCUT2D eigenvalue weighted by molar-refractivity contribution is -0.143. The van der Waals surface area contributed by atoms with Crippen molar-refractivity contribution in [3.63, 3.8) is 0 Å². The SMILES string of the molecule is C=CC(CCCCCC)C(=O)OC. The van der Waals surface area contributed by atoms with Gasteiger partial charge in [0.05, 0.1) is 13.0 Å². The van der Waals surface area contributed by atoms with Gasteiger partial charge in [0.25, 0.3) is 0 Å². The second kappa shape index (κ2) is 7.84. The standard InChI is InChI=1S/C11H20O2/c1-4-6-7-8-9-10(5-2)11(12)13-3/h5,10H,2,4,6-9H2,1,3H3. The summed E-state index contributed by atoms with van der Waals surface area (Å²) in [5.41, 5.74) is 0. The maximum atomic E-state index is 11.1. The number of ether oxygens (including phenoxy) is 1. The molecule has 1 unspecified atom stereocenters. The first-order valence-corrected chi connectivity index (χ1v) is 4.96. The molecule has 0 saturated carbocycles. The van der Waals surface area contributed by atoms with Crippen molar-refractivity contribution >= 4 is 5.97 Å². The van der Waals surface area contributed by atoms with E-state index >= 15 is 0 Å². The molecule has 0 aromatic rings. The summed E-state index contributed by atoms with van der Waals surface area (Å²) in [6.07, 6.45) is 7.29. The van der Waals surface area contributed by atoms with Gasteiger partial charge in [-0.2, -0.15) is 0 Å². The highest BCUT2D eigenvalue weighted by Gasteiger charge is 2.13. The smallest absolute Gasteiger partial charge is 0.312 e. The molecule has 2 heteroatoms. The first kappa shape index (κ1) is 12.2. The fourth-order valence-electron chi connectivity index (χ4n) is 1.27. The number of esters is 1. The van der Waals surface area contributed by atoms with Gasteiger partial charge in [-0.15, -0.1) is 6.58 Å². The van der Waals surface area contributed by atoms with E-state index in [1.807, 2.05) is 0 Å². The van der Waals surface area contributed by atoms with E-state index in [4.69, 9.17) is 0 Å². The summed E-state index contributed by atoms with van der Waals surface area (Å²) < 4.78 is 4.65. The molecule has 0 bridgehead atoms. The van der Waals surface area contributed by atoms with Crippen LogP contribution in [0.3, 0.4) is 0 Å². The summed E-state index contributed by atoms with van der Waals surface area (Å²) in [7, 11) is 1.42. The number of carbonyl (C=O) groups is 1. The molecule has 0 radical (unpaired) electrons. The number of carbonyl (C=O) groups excluding carboxylic acids is 1. The number of unbranched alkanes of at least 4 members (excludes halogenated alkanes) is 3. The normalized spacial score (nSPS) is 12.2. The third kappa shape index (κ3) is 5.45. The number of rotatable bonds is 7. The van der Waals surface area contributed by atoms with E-state index in [1.54, 1.807) is 6.08 Å². The zero-order chi connectivity index (χ0) is 10.1. The molecule has 2 nitrogen and oxygen atoms in total. The molecule has 76 valence electrons. The molecule has 0 amide bonds. The third-order valence-electron chi connectivity index (χ3n) is 2.16. The zero-order valence-electron chi connectivity index (χ0n) is 8.71. The van der Waals surface area contributed by atoms with Crippen molar-refractivity contribution in [1.82, 2.24) is 0 Å². The van der Waals surface area contributed by atoms with Crippen molar-refractivity contribution in [1.29, 1.82) is 0 Å². The van der Waals surface area contributed by atoms with Crippen LogP contribution in [0, 0.1) is 5.92 Å². The minimum Gasteiger partial charge on any atom is -0.469 e. The summed E-state index contributed by atoms with van der Waals surface area (Å²) in [5, 5.41) is 0. The lowest BCUT2D eigenvalue weighted by Crippen LogP contribution is -2.13. The van der Waals surface area contributed by atoms with E-state index in [9.17, 15) is 4.79 Å². The Morgan fingerprint density at radius 3 is 2.62 bits per heavy atom. The Morgan fingerprint density at radius 1 is 1.46 bits per heavy atom. The molecule has 0 fully saturated rings. The molecule has 0 aliphatic heterocycles. The van der Waals surface area contributed by atoms with Crippen LogP contribution in [0.25, 0.3) is 0 Å². The summed E-state index contributed by atoms with van der Waals surface area (Å²) in [6.45, 7) is 5.80. The van der Waals surface area contributed by atoms with Crippen molar-refractivity contribution in [2.24, 2.45) is 5.92 Å². The summed E-state index contributed by atoms with van der Waals surface area (Å²) in [6, 6.07) is 0. The Hall–Kier alpha value is -0.790. The molecule has 0 rings (SSSR count). The van der Waals surface area contributed by atoms with Crippen LogP contribution in [0.2, 0.25) is 0 Å². The van der Waals surface area contributed by atoms with E-state index < -0.39 is 0 Å². The maximum Gasteiger partial charge on any atom is 0.312 e. The molecule has 0 heterocycles. The Morgan fingerprint density at radius 2 is 2.15 bits per heavy atom. The van der Waals surface area contributed by atoms with Crippen LogP contribution in [-0.2, 0) is 9.53 Å². The first-order valence-electron chi connectivity index (χ1n) is 4.96. The van der Waals surface area contributed by atoms with Gasteiger partial charge in [-0.1, -0.05) is 38.7 Å².